The lowest BCUT2D eigenvalue weighted by Gasteiger charge is -2.71. The summed E-state index contributed by atoms with van der Waals surface area (Å²) in [5.41, 5.74) is -2.48. The van der Waals surface area contributed by atoms with Crippen LogP contribution in [-0.2, 0) is 23.7 Å². The van der Waals surface area contributed by atoms with E-state index in [0.717, 1.165) is 32.1 Å². The number of ether oxygens (including phenoxy) is 5. The van der Waals surface area contributed by atoms with E-state index in [0.29, 0.717) is 19.3 Å². The molecule has 14 nitrogen and oxygen atoms in total. The first-order valence-corrected chi connectivity index (χ1v) is 21.3. The lowest BCUT2D eigenvalue weighted by Crippen LogP contribution is -2.68. The van der Waals surface area contributed by atoms with E-state index in [1.54, 1.807) is 0 Å². The highest BCUT2D eigenvalue weighted by atomic mass is 16.8. The summed E-state index contributed by atoms with van der Waals surface area (Å²) < 4.78 is 31.3. The molecule has 324 valence electrons. The highest BCUT2D eigenvalue weighted by Gasteiger charge is 2.72. The summed E-state index contributed by atoms with van der Waals surface area (Å²) >= 11 is 0. The molecule has 4 saturated carbocycles. The van der Waals surface area contributed by atoms with Gasteiger partial charge in [0.2, 0.25) is 0 Å². The van der Waals surface area contributed by atoms with Crippen LogP contribution in [0.15, 0.2) is 0 Å². The van der Waals surface area contributed by atoms with E-state index >= 15 is 0 Å². The fourth-order valence-electron chi connectivity index (χ4n) is 14.3. The Labute approximate surface area is 331 Å². The molecule has 0 aromatic rings. The number of rotatable bonds is 6. The Balaban J connectivity index is 1.12. The molecule has 0 aromatic heterocycles. The van der Waals surface area contributed by atoms with Crippen molar-refractivity contribution in [1.29, 1.82) is 0 Å². The molecule has 7 rings (SSSR count). The van der Waals surface area contributed by atoms with Crippen LogP contribution in [0, 0.1) is 45.3 Å². The van der Waals surface area contributed by atoms with Crippen molar-refractivity contribution in [3.63, 3.8) is 0 Å². The van der Waals surface area contributed by atoms with Crippen molar-refractivity contribution in [2.75, 3.05) is 6.61 Å². The van der Waals surface area contributed by atoms with Gasteiger partial charge in [0.1, 0.15) is 48.8 Å². The third-order valence-corrected chi connectivity index (χ3v) is 17.5. The molecule has 3 aliphatic heterocycles. The average molecular weight is 801 g/mol. The van der Waals surface area contributed by atoms with Crippen LogP contribution in [0.5, 0.6) is 0 Å². The van der Waals surface area contributed by atoms with Crippen LogP contribution < -0.4 is 0 Å². The SMILES string of the molecule is C[C@@H]1O[C@@H](O[C@H]2[C@H](O[C@H]3CC[C@@]4(C)[C@H](CC[C@]5(C)[C@@H]4C[C@@H](O)[C@@H]4[C@@H]([C@]6(C)C[C@H](O)[C@@H](O)C(C)(C)O6)CC[C@]45C)C3(C)C)O[C@H](CO)[C@@H](O)[C@@H]2O)[C@H](O)[C@H](O)[C@H]1O. The second kappa shape index (κ2) is 14.5. The molecule has 0 bridgehead atoms. The number of aliphatic hydroxyl groups excluding tert-OH is 9. The van der Waals surface area contributed by atoms with Crippen molar-refractivity contribution in [3.8, 4) is 0 Å². The first kappa shape index (κ1) is 43.5. The Morgan fingerprint density at radius 1 is 0.643 bits per heavy atom. The van der Waals surface area contributed by atoms with Gasteiger partial charge >= 0.3 is 0 Å². The van der Waals surface area contributed by atoms with E-state index in [4.69, 9.17) is 23.7 Å². The van der Waals surface area contributed by atoms with E-state index in [1.807, 2.05) is 13.8 Å². The molecule has 56 heavy (non-hydrogen) atoms. The van der Waals surface area contributed by atoms with Gasteiger partial charge in [-0.15, -0.1) is 0 Å². The maximum atomic E-state index is 12.3. The number of hydrogen-bond acceptors (Lipinski definition) is 14. The maximum Gasteiger partial charge on any atom is 0.187 e. The summed E-state index contributed by atoms with van der Waals surface area (Å²) in [5.74, 6) is 0.382. The van der Waals surface area contributed by atoms with Gasteiger partial charge in [-0.1, -0.05) is 34.6 Å². The maximum absolute atomic E-state index is 12.3. The lowest BCUT2D eigenvalue weighted by molar-refractivity contribution is -0.376. The van der Waals surface area contributed by atoms with Gasteiger partial charge in [0.25, 0.3) is 0 Å². The Kier molecular flexibility index (Phi) is 11.3. The summed E-state index contributed by atoms with van der Waals surface area (Å²) in [5, 5.41) is 97.7. The number of aliphatic hydroxyl groups is 9. The molecular formula is C42H72O14. The fourth-order valence-corrected chi connectivity index (χ4v) is 14.3. The number of fused-ring (bicyclic) bond motifs is 5. The van der Waals surface area contributed by atoms with Crippen LogP contribution in [0.2, 0.25) is 0 Å². The zero-order chi connectivity index (χ0) is 41.3. The smallest absolute Gasteiger partial charge is 0.187 e. The van der Waals surface area contributed by atoms with Crippen LogP contribution >= 0.6 is 0 Å². The van der Waals surface area contributed by atoms with Crippen molar-refractivity contribution < 1.29 is 69.6 Å². The van der Waals surface area contributed by atoms with Crippen molar-refractivity contribution in [3.05, 3.63) is 0 Å². The molecular weight excluding hydrogens is 728 g/mol. The quantitative estimate of drug-likeness (QED) is 0.173. The molecule has 14 heteroatoms. The highest BCUT2D eigenvalue weighted by Crippen LogP contribution is 2.76. The molecule has 3 saturated heterocycles. The fraction of sp³-hybridized carbons (Fsp3) is 1.00. The molecule has 0 unspecified atom stereocenters. The van der Waals surface area contributed by atoms with Crippen LogP contribution in [0.4, 0.5) is 0 Å². The normalized spacial score (nSPS) is 58.2. The standard InChI is InChI=1S/C42H72O14/c1-19-28(46)30(48)32(50)35(52-19)55-33-31(49)29(47)23(18-43)53-36(33)54-26-12-13-39(6)24(37(26,2)3)11-15-40(7)25(39)16-21(44)27-20(10-14-41(27,40)8)42(9)17-22(45)34(51)38(4,5)56-42/h19-36,43-51H,10-18H2,1-9H3/t19-,20-,21+,22-,23+,24+,25+,26-,27-,28-,29+,30+,31-,32+,33+,34+,35-,36-,39-,40+,41+,42-/m0/s1. The average Bonchev–Trinajstić information content (AvgIpc) is 3.50. The molecule has 0 aromatic carbocycles. The molecule has 7 fully saturated rings. The van der Waals surface area contributed by atoms with E-state index in [-0.39, 0.29) is 39.9 Å². The van der Waals surface area contributed by atoms with Gasteiger partial charge in [-0.25, -0.2) is 0 Å². The summed E-state index contributed by atoms with van der Waals surface area (Å²) in [7, 11) is 0. The summed E-state index contributed by atoms with van der Waals surface area (Å²) in [4.78, 5) is 0. The lowest BCUT2D eigenvalue weighted by atomic mass is 9.35. The monoisotopic (exact) mass is 800 g/mol. The van der Waals surface area contributed by atoms with Gasteiger partial charge in [-0.2, -0.15) is 0 Å². The minimum absolute atomic E-state index is 0.0201. The molecule has 4 aliphatic carbocycles. The van der Waals surface area contributed by atoms with E-state index in [9.17, 15) is 46.0 Å². The zero-order valence-electron chi connectivity index (χ0n) is 34.8. The van der Waals surface area contributed by atoms with Crippen molar-refractivity contribution in [1.82, 2.24) is 0 Å². The topological polar surface area (TPSA) is 228 Å². The molecule has 3 heterocycles. The minimum atomic E-state index is -1.66. The largest absolute Gasteiger partial charge is 0.394 e. The van der Waals surface area contributed by atoms with Gasteiger partial charge < -0.3 is 69.6 Å². The van der Waals surface area contributed by atoms with Gasteiger partial charge in [0, 0.05) is 6.42 Å². The molecule has 0 radical (unpaired) electrons. The Hall–Kier alpha value is -0.560. The van der Waals surface area contributed by atoms with E-state index < -0.39 is 109 Å². The van der Waals surface area contributed by atoms with Crippen LogP contribution in [0.1, 0.15) is 114 Å². The van der Waals surface area contributed by atoms with E-state index in [2.05, 4.69) is 41.5 Å². The second-order valence-corrected chi connectivity index (χ2v) is 21.2. The zero-order valence-corrected chi connectivity index (χ0v) is 34.8. The van der Waals surface area contributed by atoms with Crippen LogP contribution in [-0.4, -0.2) is 150 Å². The summed E-state index contributed by atoms with van der Waals surface area (Å²) in [6.45, 7) is 18.3. The molecule has 22 atom stereocenters. The van der Waals surface area contributed by atoms with Gasteiger partial charge in [-0.05, 0) is 118 Å². The van der Waals surface area contributed by atoms with Crippen LogP contribution in [0.25, 0.3) is 0 Å². The number of hydrogen-bond donors (Lipinski definition) is 9. The predicted molar refractivity (Wildman–Crippen MR) is 200 cm³/mol. The highest BCUT2D eigenvalue weighted by molar-refractivity contribution is 5.21. The van der Waals surface area contributed by atoms with Gasteiger partial charge in [0.15, 0.2) is 12.6 Å². The predicted octanol–water partition coefficient (Wildman–Crippen LogP) is 1.36. The molecule has 9 N–H and O–H groups in total. The first-order chi connectivity index (χ1) is 25.9. The Morgan fingerprint density at radius 2 is 1.30 bits per heavy atom. The third kappa shape index (κ3) is 6.41. The summed E-state index contributed by atoms with van der Waals surface area (Å²) in [6.07, 6.45) is -10.6. The Morgan fingerprint density at radius 3 is 1.95 bits per heavy atom. The van der Waals surface area contributed by atoms with Crippen LogP contribution in [0.3, 0.4) is 0 Å². The summed E-state index contributed by atoms with van der Waals surface area (Å²) in [6, 6.07) is 0. The van der Waals surface area contributed by atoms with E-state index in [1.165, 1.54) is 6.92 Å². The second-order valence-electron chi connectivity index (χ2n) is 21.2. The minimum Gasteiger partial charge on any atom is -0.394 e. The van der Waals surface area contributed by atoms with Gasteiger partial charge in [-0.3, -0.25) is 0 Å². The van der Waals surface area contributed by atoms with Crippen molar-refractivity contribution in [2.24, 2.45) is 45.3 Å². The van der Waals surface area contributed by atoms with Gasteiger partial charge in [0.05, 0.1) is 42.2 Å². The van der Waals surface area contributed by atoms with Crippen molar-refractivity contribution in [2.45, 2.75) is 211 Å². The van der Waals surface area contributed by atoms with Crippen molar-refractivity contribution >= 4 is 0 Å². The molecule has 0 amide bonds. The first-order valence-electron chi connectivity index (χ1n) is 21.3. The molecule has 7 aliphatic rings. The third-order valence-electron chi connectivity index (χ3n) is 17.5. The Bertz CT molecular complexity index is 1430. The molecule has 0 spiro atoms.